The molecule has 0 heterocycles. The van der Waals surface area contributed by atoms with Gasteiger partial charge < -0.3 is 16.2 Å². The highest BCUT2D eigenvalue weighted by atomic mass is 16.3. The van der Waals surface area contributed by atoms with E-state index in [-0.39, 0.29) is 23.6 Å². The number of phenolic OH excluding ortho intramolecular Hbond substituents is 1. The Morgan fingerprint density at radius 2 is 2.11 bits per heavy atom. The molecule has 1 amide bonds. The molecule has 1 aliphatic rings. The predicted octanol–water partition coefficient (Wildman–Crippen LogP) is 2.16. The van der Waals surface area contributed by atoms with Gasteiger partial charge in [0.05, 0.1) is 5.92 Å². The fourth-order valence-corrected chi connectivity index (χ4v) is 2.50. The van der Waals surface area contributed by atoms with Crippen LogP contribution in [0.2, 0.25) is 0 Å². The van der Waals surface area contributed by atoms with Crippen molar-refractivity contribution in [2.24, 2.45) is 11.7 Å². The van der Waals surface area contributed by atoms with Crippen LogP contribution in [-0.4, -0.2) is 17.1 Å². The van der Waals surface area contributed by atoms with Crippen molar-refractivity contribution >= 4 is 11.6 Å². The molecule has 4 nitrogen and oxygen atoms in total. The highest BCUT2D eigenvalue weighted by Gasteiger charge is 2.28. The van der Waals surface area contributed by atoms with E-state index in [2.05, 4.69) is 5.32 Å². The van der Waals surface area contributed by atoms with Crippen LogP contribution in [-0.2, 0) is 4.79 Å². The summed E-state index contributed by atoms with van der Waals surface area (Å²) in [5, 5.41) is 12.2. The second-order valence-electron chi connectivity index (χ2n) is 5.04. The number of phenols is 1. The Kier molecular flexibility index (Phi) is 3.87. The largest absolute Gasteiger partial charge is 0.508 e. The lowest BCUT2D eigenvalue weighted by Gasteiger charge is -2.27. The average molecular weight is 248 g/mol. The minimum Gasteiger partial charge on any atom is -0.508 e. The Morgan fingerprint density at radius 1 is 1.39 bits per heavy atom. The quantitative estimate of drug-likeness (QED) is 0.702. The van der Waals surface area contributed by atoms with Gasteiger partial charge in [0.25, 0.3) is 0 Å². The predicted molar refractivity (Wildman–Crippen MR) is 71.4 cm³/mol. The second kappa shape index (κ2) is 5.40. The number of hydrogen-bond donors (Lipinski definition) is 3. The van der Waals surface area contributed by atoms with E-state index < -0.39 is 0 Å². The van der Waals surface area contributed by atoms with Crippen LogP contribution in [0.3, 0.4) is 0 Å². The number of carbonyl (C=O) groups excluding carboxylic acids is 1. The van der Waals surface area contributed by atoms with Gasteiger partial charge in [-0.2, -0.15) is 0 Å². The van der Waals surface area contributed by atoms with Gasteiger partial charge >= 0.3 is 0 Å². The Bertz CT molecular complexity index is 445. The highest BCUT2D eigenvalue weighted by Crippen LogP contribution is 2.26. The summed E-state index contributed by atoms with van der Waals surface area (Å²) in [6.45, 7) is 1.86. The SMILES string of the molecule is Cc1cc(O)ccc1NC(=O)C1CCCCC1N. The normalized spacial score (nSPS) is 23.7. The van der Waals surface area contributed by atoms with Gasteiger partial charge in [0.15, 0.2) is 0 Å². The van der Waals surface area contributed by atoms with Gasteiger partial charge in [0.2, 0.25) is 5.91 Å². The molecule has 1 saturated carbocycles. The summed E-state index contributed by atoms with van der Waals surface area (Å²) in [5.74, 6) is 0.114. The molecule has 0 bridgehead atoms. The van der Waals surface area contributed by atoms with E-state index in [0.717, 1.165) is 36.9 Å². The molecule has 4 N–H and O–H groups in total. The maximum atomic E-state index is 12.2. The fraction of sp³-hybridized carbons (Fsp3) is 0.500. The lowest BCUT2D eigenvalue weighted by molar-refractivity contribution is -0.121. The lowest BCUT2D eigenvalue weighted by atomic mass is 9.84. The van der Waals surface area contributed by atoms with E-state index in [1.165, 1.54) is 0 Å². The Labute approximate surface area is 107 Å². The molecule has 1 aliphatic carbocycles. The number of nitrogens with one attached hydrogen (secondary N) is 1. The second-order valence-corrected chi connectivity index (χ2v) is 5.04. The molecule has 0 aromatic heterocycles. The van der Waals surface area contributed by atoms with Gasteiger partial charge in [-0.05, 0) is 43.5 Å². The molecule has 0 spiro atoms. The summed E-state index contributed by atoms with van der Waals surface area (Å²) in [7, 11) is 0. The van der Waals surface area contributed by atoms with Crippen LogP contribution >= 0.6 is 0 Å². The third-order valence-corrected chi connectivity index (χ3v) is 3.62. The van der Waals surface area contributed by atoms with Gasteiger partial charge in [-0.1, -0.05) is 12.8 Å². The molecule has 2 atom stereocenters. The maximum absolute atomic E-state index is 12.2. The minimum absolute atomic E-state index is 0.00371. The lowest BCUT2D eigenvalue weighted by Crippen LogP contribution is -2.40. The van der Waals surface area contributed by atoms with Crippen molar-refractivity contribution in [3.05, 3.63) is 23.8 Å². The van der Waals surface area contributed by atoms with Crippen molar-refractivity contribution in [1.82, 2.24) is 0 Å². The van der Waals surface area contributed by atoms with Crippen LogP contribution in [0.25, 0.3) is 0 Å². The highest BCUT2D eigenvalue weighted by molar-refractivity contribution is 5.93. The van der Waals surface area contributed by atoms with Gasteiger partial charge in [0, 0.05) is 11.7 Å². The number of aromatic hydroxyl groups is 1. The molecule has 0 aliphatic heterocycles. The van der Waals surface area contributed by atoms with Crippen LogP contribution in [0.4, 0.5) is 5.69 Å². The molecule has 4 heteroatoms. The first kappa shape index (κ1) is 12.9. The zero-order chi connectivity index (χ0) is 13.1. The van der Waals surface area contributed by atoms with E-state index >= 15 is 0 Å². The van der Waals surface area contributed by atoms with Gasteiger partial charge in [-0.25, -0.2) is 0 Å². The third kappa shape index (κ3) is 2.82. The van der Waals surface area contributed by atoms with Crippen LogP contribution in [0.15, 0.2) is 18.2 Å². The van der Waals surface area contributed by atoms with E-state index in [1.807, 2.05) is 6.92 Å². The number of aryl methyl sites for hydroxylation is 1. The van der Waals surface area contributed by atoms with Crippen LogP contribution in [0.5, 0.6) is 5.75 Å². The Hall–Kier alpha value is -1.55. The standard InChI is InChI=1S/C14H20N2O2/c1-9-8-10(17)6-7-13(9)16-14(18)11-4-2-3-5-12(11)15/h6-8,11-12,17H,2-5,15H2,1H3,(H,16,18). The molecule has 2 unspecified atom stereocenters. The van der Waals surface area contributed by atoms with Crippen LogP contribution in [0, 0.1) is 12.8 Å². The summed E-state index contributed by atoms with van der Waals surface area (Å²) >= 11 is 0. The zero-order valence-electron chi connectivity index (χ0n) is 10.6. The van der Waals surface area contributed by atoms with Crippen molar-refractivity contribution in [3.8, 4) is 5.75 Å². The third-order valence-electron chi connectivity index (χ3n) is 3.62. The van der Waals surface area contributed by atoms with Crippen molar-refractivity contribution in [2.45, 2.75) is 38.6 Å². The van der Waals surface area contributed by atoms with Crippen LogP contribution < -0.4 is 11.1 Å². The molecule has 1 aromatic rings. The first-order chi connectivity index (χ1) is 8.58. The molecule has 1 aromatic carbocycles. The van der Waals surface area contributed by atoms with Crippen LogP contribution in [0.1, 0.15) is 31.2 Å². The first-order valence-electron chi connectivity index (χ1n) is 6.44. The summed E-state index contributed by atoms with van der Waals surface area (Å²) in [6.07, 6.45) is 3.97. The van der Waals surface area contributed by atoms with Crippen molar-refractivity contribution in [1.29, 1.82) is 0 Å². The number of anilines is 1. The van der Waals surface area contributed by atoms with E-state index in [4.69, 9.17) is 5.73 Å². The summed E-state index contributed by atoms with van der Waals surface area (Å²) in [5.41, 5.74) is 7.60. The molecule has 98 valence electrons. The number of amides is 1. The van der Waals surface area contributed by atoms with E-state index in [1.54, 1.807) is 18.2 Å². The molecule has 0 saturated heterocycles. The molecule has 18 heavy (non-hydrogen) atoms. The monoisotopic (exact) mass is 248 g/mol. The van der Waals surface area contributed by atoms with Gasteiger partial charge in [0.1, 0.15) is 5.75 Å². The number of benzene rings is 1. The van der Waals surface area contributed by atoms with Gasteiger partial charge in [-0.3, -0.25) is 4.79 Å². The number of carbonyl (C=O) groups is 1. The molecule has 0 radical (unpaired) electrons. The number of rotatable bonds is 2. The topological polar surface area (TPSA) is 75.3 Å². The van der Waals surface area contributed by atoms with Crippen molar-refractivity contribution < 1.29 is 9.90 Å². The fourth-order valence-electron chi connectivity index (χ4n) is 2.50. The van der Waals surface area contributed by atoms with Gasteiger partial charge in [-0.15, -0.1) is 0 Å². The smallest absolute Gasteiger partial charge is 0.229 e. The van der Waals surface area contributed by atoms with Crippen molar-refractivity contribution in [3.63, 3.8) is 0 Å². The zero-order valence-corrected chi connectivity index (χ0v) is 10.6. The molecule has 1 fully saturated rings. The number of hydrogen-bond acceptors (Lipinski definition) is 3. The minimum atomic E-state index is -0.0908. The van der Waals surface area contributed by atoms with E-state index in [0.29, 0.717) is 0 Å². The first-order valence-corrected chi connectivity index (χ1v) is 6.44. The average Bonchev–Trinajstić information content (AvgIpc) is 2.33. The Balaban J connectivity index is 2.06. The van der Waals surface area contributed by atoms with E-state index in [9.17, 15) is 9.90 Å². The summed E-state index contributed by atoms with van der Waals surface area (Å²) in [6, 6.07) is 4.90. The summed E-state index contributed by atoms with van der Waals surface area (Å²) in [4.78, 5) is 12.2. The van der Waals surface area contributed by atoms with Crippen molar-refractivity contribution in [2.75, 3.05) is 5.32 Å². The maximum Gasteiger partial charge on any atom is 0.229 e. The molecular formula is C14H20N2O2. The molecule has 2 rings (SSSR count). The molecular weight excluding hydrogens is 228 g/mol. The Morgan fingerprint density at radius 3 is 2.78 bits per heavy atom. The summed E-state index contributed by atoms with van der Waals surface area (Å²) < 4.78 is 0. The number of nitrogens with two attached hydrogens (primary N) is 1.